The van der Waals surface area contributed by atoms with E-state index in [4.69, 9.17) is 13.6 Å². The topological polar surface area (TPSA) is 122 Å². The molecule has 0 radical (unpaired) electrons. The Hall–Kier alpha value is -3.29. The SMILES string of the molecule is COc1ccc(Nc2oc(-c3ccc(S(=O)(=O)N(C)C)o3)nc2C#N)cc1. The number of anilines is 2. The number of methoxy groups -OCH3 is 1. The van der Waals surface area contributed by atoms with Crippen molar-refractivity contribution >= 4 is 21.6 Å². The van der Waals surface area contributed by atoms with Crippen LogP contribution in [-0.4, -0.2) is 38.9 Å². The molecule has 1 N–H and O–H groups in total. The summed E-state index contributed by atoms with van der Waals surface area (Å²) in [5.74, 6) is 0.882. The molecule has 0 aliphatic rings. The molecule has 0 bridgehead atoms. The molecule has 0 saturated heterocycles. The molecule has 0 unspecified atom stereocenters. The average Bonchev–Trinajstić information content (AvgIpc) is 3.29. The Labute approximate surface area is 155 Å². The van der Waals surface area contributed by atoms with E-state index in [-0.39, 0.29) is 28.3 Å². The quantitative estimate of drug-likeness (QED) is 0.684. The lowest BCUT2D eigenvalue weighted by Crippen LogP contribution is -2.21. The van der Waals surface area contributed by atoms with Crippen molar-refractivity contribution in [2.75, 3.05) is 26.5 Å². The van der Waals surface area contributed by atoms with Crippen LogP contribution < -0.4 is 10.1 Å². The number of benzene rings is 1. The van der Waals surface area contributed by atoms with Gasteiger partial charge in [0.1, 0.15) is 11.8 Å². The maximum atomic E-state index is 12.1. The maximum absolute atomic E-state index is 12.1. The Balaban J connectivity index is 1.91. The van der Waals surface area contributed by atoms with Crippen LogP contribution in [0.15, 0.2) is 50.3 Å². The fraction of sp³-hybridized carbons (Fsp3) is 0.176. The van der Waals surface area contributed by atoms with Gasteiger partial charge in [0.05, 0.1) is 7.11 Å². The number of hydrogen-bond acceptors (Lipinski definition) is 8. The summed E-state index contributed by atoms with van der Waals surface area (Å²) in [7, 11) is 0.631. The number of nitriles is 1. The lowest BCUT2D eigenvalue weighted by Gasteiger charge is -2.07. The highest BCUT2D eigenvalue weighted by Crippen LogP contribution is 2.30. The van der Waals surface area contributed by atoms with Crippen LogP contribution in [-0.2, 0) is 10.0 Å². The fourth-order valence-corrected chi connectivity index (χ4v) is 2.94. The van der Waals surface area contributed by atoms with Gasteiger partial charge in [0.2, 0.25) is 16.7 Å². The third kappa shape index (κ3) is 3.64. The molecule has 3 aromatic rings. The van der Waals surface area contributed by atoms with E-state index in [0.717, 1.165) is 4.31 Å². The third-order valence-corrected chi connectivity index (χ3v) is 5.30. The number of ether oxygens (including phenoxy) is 1. The van der Waals surface area contributed by atoms with Gasteiger partial charge in [-0.25, -0.2) is 12.7 Å². The number of aromatic nitrogens is 1. The molecule has 9 nitrogen and oxygen atoms in total. The Kier molecular flexibility index (Phi) is 4.89. The number of hydrogen-bond donors (Lipinski definition) is 1. The molecule has 3 rings (SSSR count). The van der Waals surface area contributed by atoms with E-state index < -0.39 is 10.0 Å². The molecule has 140 valence electrons. The molecule has 0 amide bonds. The van der Waals surface area contributed by atoms with E-state index in [1.807, 2.05) is 6.07 Å². The summed E-state index contributed by atoms with van der Waals surface area (Å²) in [6.07, 6.45) is 0. The van der Waals surface area contributed by atoms with Gasteiger partial charge in [-0.2, -0.15) is 10.2 Å². The summed E-state index contributed by atoms with van der Waals surface area (Å²) in [5.41, 5.74) is 0.666. The van der Waals surface area contributed by atoms with Crippen LogP contribution in [0.4, 0.5) is 11.6 Å². The van der Waals surface area contributed by atoms with Crippen molar-refractivity contribution < 1.29 is 22.0 Å². The van der Waals surface area contributed by atoms with Gasteiger partial charge in [-0.05, 0) is 36.4 Å². The minimum atomic E-state index is -3.72. The van der Waals surface area contributed by atoms with Crippen LogP contribution in [0.3, 0.4) is 0 Å². The average molecular weight is 388 g/mol. The summed E-state index contributed by atoms with van der Waals surface area (Å²) in [6, 6.07) is 11.6. The summed E-state index contributed by atoms with van der Waals surface area (Å²) < 4.78 is 41.2. The van der Waals surface area contributed by atoms with Gasteiger partial charge in [0.25, 0.3) is 15.9 Å². The smallest absolute Gasteiger partial charge is 0.275 e. The number of rotatable bonds is 6. The summed E-state index contributed by atoms with van der Waals surface area (Å²) in [5, 5.41) is 12.0. The first-order valence-electron chi connectivity index (χ1n) is 7.70. The fourth-order valence-electron chi connectivity index (χ4n) is 2.15. The zero-order valence-electron chi connectivity index (χ0n) is 14.8. The Morgan fingerprint density at radius 3 is 2.44 bits per heavy atom. The van der Waals surface area contributed by atoms with Crippen LogP contribution in [0.5, 0.6) is 5.75 Å². The molecule has 0 fully saturated rings. The van der Waals surface area contributed by atoms with Crippen LogP contribution >= 0.6 is 0 Å². The molecular weight excluding hydrogens is 372 g/mol. The summed E-state index contributed by atoms with van der Waals surface area (Å²) in [4.78, 5) is 4.05. The molecule has 0 saturated carbocycles. The van der Waals surface area contributed by atoms with E-state index >= 15 is 0 Å². The molecule has 0 atom stereocenters. The third-order valence-electron chi connectivity index (χ3n) is 3.61. The van der Waals surface area contributed by atoms with Crippen molar-refractivity contribution in [3.63, 3.8) is 0 Å². The molecule has 1 aromatic carbocycles. The first kappa shape index (κ1) is 18.5. The number of nitrogens with zero attached hydrogens (tertiary/aromatic N) is 3. The van der Waals surface area contributed by atoms with Crippen LogP contribution in [0.1, 0.15) is 5.69 Å². The van der Waals surface area contributed by atoms with Crippen molar-refractivity contribution in [1.82, 2.24) is 9.29 Å². The minimum absolute atomic E-state index is 0.00855. The first-order chi connectivity index (χ1) is 12.8. The molecular formula is C17H16N4O5S. The zero-order valence-corrected chi connectivity index (χ0v) is 15.6. The van der Waals surface area contributed by atoms with Gasteiger partial charge in [0.15, 0.2) is 5.76 Å². The molecule has 0 spiro atoms. The monoisotopic (exact) mass is 388 g/mol. The zero-order chi connectivity index (χ0) is 19.6. The second-order valence-corrected chi connectivity index (χ2v) is 7.65. The second-order valence-electron chi connectivity index (χ2n) is 5.57. The highest BCUT2D eigenvalue weighted by molar-refractivity contribution is 7.88. The predicted octanol–water partition coefficient (Wildman–Crippen LogP) is 2.81. The number of furan rings is 1. The molecule has 0 aliphatic carbocycles. The highest BCUT2D eigenvalue weighted by atomic mass is 32.2. The largest absolute Gasteiger partial charge is 0.497 e. The van der Waals surface area contributed by atoms with Crippen LogP contribution in [0, 0.1) is 11.3 Å². The molecule has 10 heteroatoms. The lowest BCUT2D eigenvalue weighted by molar-refractivity contribution is 0.415. The predicted molar refractivity (Wildman–Crippen MR) is 96.1 cm³/mol. The highest BCUT2D eigenvalue weighted by Gasteiger charge is 2.24. The number of oxazole rings is 1. The van der Waals surface area contributed by atoms with Crippen molar-refractivity contribution in [2.45, 2.75) is 5.09 Å². The van der Waals surface area contributed by atoms with Crippen LogP contribution in [0.2, 0.25) is 0 Å². The van der Waals surface area contributed by atoms with Crippen molar-refractivity contribution in [1.29, 1.82) is 5.26 Å². The van der Waals surface area contributed by atoms with E-state index in [2.05, 4.69) is 10.3 Å². The summed E-state index contributed by atoms with van der Waals surface area (Å²) in [6.45, 7) is 0. The Bertz CT molecular complexity index is 1090. The lowest BCUT2D eigenvalue weighted by atomic mass is 10.3. The van der Waals surface area contributed by atoms with Gasteiger partial charge in [-0.3, -0.25) is 0 Å². The van der Waals surface area contributed by atoms with E-state index in [1.54, 1.807) is 31.4 Å². The van der Waals surface area contributed by atoms with Gasteiger partial charge in [0, 0.05) is 19.8 Å². The standard InChI is InChI=1S/C17H16N4O5S/c1-21(2)27(22,23)15-9-8-14(25-15)17-20-13(10-18)16(26-17)19-11-4-6-12(24-3)7-5-11/h4-9,19H,1-3H3. The van der Waals surface area contributed by atoms with Crippen molar-refractivity contribution in [3.05, 3.63) is 42.1 Å². The van der Waals surface area contributed by atoms with Crippen LogP contribution in [0.25, 0.3) is 11.7 Å². The normalized spacial score (nSPS) is 11.4. The Morgan fingerprint density at radius 2 is 1.85 bits per heavy atom. The van der Waals surface area contributed by atoms with E-state index in [0.29, 0.717) is 11.4 Å². The molecule has 0 aliphatic heterocycles. The minimum Gasteiger partial charge on any atom is -0.497 e. The van der Waals surface area contributed by atoms with Crippen molar-refractivity contribution in [2.24, 2.45) is 0 Å². The maximum Gasteiger partial charge on any atom is 0.275 e. The van der Waals surface area contributed by atoms with Crippen molar-refractivity contribution in [3.8, 4) is 23.5 Å². The number of sulfonamides is 1. The van der Waals surface area contributed by atoms with Gasteiger partial charge < -0.3 is 18.9 Å². The molecule has 27 heavy (non-hydrogen) atoms. The molecule has 2 heterocycles. The number of nitrogens with one attached hydrogen (secondary N) is 1. The van der Waals surface area contributed by atoms with E-state index in [1.165, 1.54) is 26.2 Å². The van der Waals surface area contributed by atoms with Gasteiger partial charge >= 0.3 is 0 Å². The van der Waals surface area contributed by atoms with E-state index in [9.17, 15) is 13.7 Å². The second kappa shape index (κ2) is 7.14. The molecule has 2 aromatic heterocycles. The van der Waals surface area contributed by atoms with Gasteiger partial charge in [-0.15, -0.1) is 0 Å². The first-order valence-corrected chi connectivity index (χ1v) is 9.14. The summed E-state index contributed by atoms with van der Waals surface area (Å²) >= 11 is 0. The van der Waals surface area contributed by atoms with Gasteiger partial charge in [-0.1, -0.05) is 0 Å². The Morgan fingerprint density at radius 1 is 1.15 bits per heavy atom.